The van der Waals surface area contributed by atoms with Crippen LogP contribution in [0.15, 0.2) is 0 Å². The maximum atomic E-state index is 5.51. The fraction of sp³-hybridized carbons (Fsp3) is 1.00. The smallest absolute Gasteiger partial charge is 0.0619 e. The highest BCUT2D eigenvalue weighted by Crippen LogP contribution is 2.27. The molecule has 2 rings (SSSR count). The summed E-state index contributed by atoms with van der Waals surface area (Å²) in [4.78, 5) is 2.63. The van der Waals surface area contributed by atoms with Crippen LogP contribution in [0.5, 0.6) is 0 Å². The zero-order valence-corrected chi connectivity index (χ0v) is 11.5. The van der Waals surface area contributed by atoms with Crippen molar-refractivity contribution in [2.45, 2.75) is 51.6 Å². The molecule has 0 spiro atoms. The van der Waals surface area contributed by atoms with Gasteiger partial charge in [0.05, 0.1) is 13.2 Å². The van der Waals surface area contributed by atoms with Gasteiger partial charge < -0.3 is 10.1 Å². The summed E-state index contributed by atoms with van der Waals surface area (Å²) in [7, 11) is 0. The predicted molar refractivity (Wildman–Crippen MR) is 71.3 cm³/mol. The van der Waals surface area contributed by atoms with Crippen molar-refractivity contribution in [3.8, 4) is 0 Å². The van der Waals surface area contributed by atoms with Gasteiger partial charge in [0.25, 0.3) is 0 Å². The van der Waals surface area contributed by atoms with Gasteiger partial charge in [-0.25, -0.2) is 0 Å². The van der Waals surface area contributed by atoms with Gasteiger partial charge in [-0.1, -0.05) is 13.3 Å². The highest BCUT2D eigenvalue weighted by atomic mass is 16.5. The lowest BCUT2D eigenvalue weighted by atomic mass is 10.0. The first-order valence-corrected chi connectivity index (χ1v) is 7.36. The van der Waals surface area contributed by atoms with E-state index in [-0.39, 0.29) is 0 Å². The van der Waals surface area contributed by atoms with Crippen molar-refractivity contribution in [2.75, 3.05) is 32.8 Å². The topological polar surface area (TPSA) is 24.5 Å². The second-order valence-corrected chi connectivity index (χ2v) is 5.67. The average molecular weight is 240 g/mol. The molecular formula is C14H28N2O. The Bertz CT molecular complexity index is 222. The summed E-state index contributed by atoms with van der Waals surface area (Å²) in [5, 5.41) is 3.73. The quantitative estimate of drug-likeness (QED) is 0.794. The fourth-order valence-corrected chi connectivity index (χ4v) is 3.19. The number of hydrogen-bond donors (Lipinski definition) is 1. The van der Waals surface area contributed by atoms with Crippen LogP contribution in [-0.2, 0) is 4.74 Å². The van der Waals surface area contributed by atoms with E-state index in [0.717, 1.165) is 31.7 Å². The van der Waals surface area contributed by atoms with Crippen LogP contribution < -0.4 is 5.32 Å². The molecule has 0 aromatic rings. The standard InChI is InChI=1S/C14H28N2O/c1-3-7-15-14-6-4-5-13(14)10-16-8-9-17-11-12(16)2/h12-15H,3-11H2,1-2H3. The minimum atomic E-state index is 0.608. The van der Waals surface area contributed by atoms with E-state index in [4.69, 9.17) is 4.74 Å². The molecule has 1 saturated carbocycles. The maximum absolute atomic E-state index is 5.51. The zero-order chi connectivity index (χ0) is 12.1. The van der Waals surface area contributed by atoms with Crippen LogP contribution in [0.1, 0.15) is 39.5 Å². The van der Waals surface area contributed by atoms with E-state index in [0.29, 0.717) is 6.04 Å². The third-order valence-corrected chi connectivity index (χ3v) is 4.29. The molecule has 0 aromatic heterocycles. The summed E-state index contributed by atoms with van der Waals surface area (Å²) in [6.45, 7) is 9.96. The monoisotopic (exact) mass is 240 g/mol. The van der Waals surface area contributed by atoms with Crippen LogP contribution in [0, 0.1) is 5.92 Å². The molecule has 3 heteroatoms. The summed E-state index contributed by atoms with van der Waals surface area (Å²) in [5.41, 5.74) is 0. The van der Waals surface area contributed by atoms with Gasteiger partial charge >= 0.3 is 0 Å². The van der Waals surface area contributed by atoms with Gasteiger partial charge in [-0.15, -0.1) is 0 Å². The number of ether oxygens (including phenoxy) is 1. The Hall–Kier alpha value is -0.120. The molecule has 3 nitrogen and oxygen atoms in total. The van der Waals surface area contributed by atoms with Crippen molar-refractivity contribution < 1.29 is 4.74 Å². The minimum Gasteiger partial charge on any atom is -0.379 e. The first-order chi connectivity index (χ1) is 8.31. The average Bonchev–Trinajstić information content (AvgIpc) is 2.77. The molecule has 2 fully saturated rings. The Balaban J connectivity index is 1.79. The SMILES string of the molecule is CCCNC1CCCC1CN1CCOCC1C. The fourth-order valence-electron chi connectivity index (χ4n) is 3.19. The first-order valence-electron chi connectivity index (χ1n) is 7.36. The van der Waals surface area contributed by atoms with E-state index in [2.05, 4.69) is 24.1 Å². The molecule has 0 aromatic carbocycles. The van der Waals surface area contributed by atoms with E-state index >= 15 is 0 Å². The molecule has 1 heterocycles. The zero-order valence-electron chi connectivity index (χ0n) is 11.5. The number of morpholine rings is 1. The van der Waals surface area contributed by atoms with Crippen molar-refractivity contribution in [1.29, 1.82) is 0 Å². The lowest BCUT2D eigenvalue weighted by Gasteiger charge is -2.36. The molecule has 1 N–H and O–H groups in total. The van der Waals surface area contributed by atoms with Gasteiger partial charge in [-0.3, -0.25) is 4.90 Å². The van der Waals surface area contributed by atoms with Crippen molar-refractivity contribution in [2.24, 2.45) is 5.92 Å². The normalized spacial score (nSPS) is 35.3. The van der Waals surface area contributed by atoms with Gasteiger partial charge in [-0.2, -0.15) is 0 Å². The van der Waals surface area contributed by atoms with Crippen LogP contribution in [0.4, 0.5) is 0 Å². The Labute approximate surface area is 106 Å². The summed E-state index contributed by atoms with van der Waals surface area (Å²) in [5.74, 6) is 0.863. The van der Waals surface area contributed by atoms with E-state index < -0.39 is 0 Å². The lowest BCUT2D eigenvalue weighted by molar-refractivity contribution is -0.00842. The molecular weight excluding hydrogens is 212 g/mol. The number of hydrogen-bond acceptors (Lipinski definition) is 3. The second-order valence-electron chi connectivity index (χ2n) is 5.67. The van der Waals surface area contributed by atoms with Crippen LogP contribution in [0.25, 0.3) is 0 Å². The van der Waals surface area contributed by atoms with Crippen molar-refractivity contribution in [3.63, 3.8) is 0 Å². The number of nitrogens with zero attached hydrogens (tertiary/aromatic N) is 1. The highest BCUT2D eigenvalue weighted by molar-refractivity contribution is 4.86. The lowest BCUT2D eigenvalue weighted by Crippen LogP contribution is -2.48. The van der Waals surface area contributed by atoms with Crippen LogP contribution in [0.2, 0.25) is 0 Å². The molecule has 0 amide bonds. The number of nitrogens with one attached hydrogen (secondary N) is 1. The summed E-state index contributed by atoms with van der Waals surface area (Å²) in [6, 6.07) is 1.38. The molecule has 17 heavy (non-hydrogen) atoms. The van der Waals surface area contributed by atoms with Crippen molar-refractivity contribution in [3.05, 3.63) is 0 Å². The van der Waals surface area contributed by atoms with Gasteiger partial charge in [-0.05, 0) is 38.6 Å². The van der Waals surface area contributed by atoms with Crippen LogP contribution >= 0.6 is 0 Å². The third kappa shape index (κ3) is 3.67. The molecule has 1 aliphatic heterocycles. The molecule has 0 bridgehead atoms. The van der Waals surface area contributed by atoms with E-state index in [1.54, 1.807) is 0 Å². The summed E-state index contributed by atoms with van der Waals surface area (Å²) in [6.07, 6.45) is 5.44. The largest absolute Gasteiger partial charge is 0.379 e. The molecule has 3 unspecified atom stereocenters. The van der Waals surface area contributed by atoms with E-state index in [9.17, 15) is 0 Å². The molecule has 1 aliphatic carbocycles. The van der Waals surface area contributed by atoms with E-state index in [1.807, 2.05) is 0 Å². The third-order valence-electron chi connectivity index (χ3n) is 4.29. The van der Waals surface area contributed by atoms with Crippen molar-refractivity contribution >= 4 is 0 Å². The summed E-state index contributed by atoms with van der Waals surface area (Å²) < 4.78 is 5.51. The first kappa shape index (κ1) is 13.3. The van der Waals surface area contributed by atoms with Gasteiger partial charge in [0.2, 0.25) is 0 Å². The molecule has 3 atom stereocenters. The van der Waals surface area contributed by atoms with Crippen molar-refractivity contribution in [1.82, 2.24) is 10.2 Å². The van der Waals surface area contributed by atoms with Gasteiger partial charge in [0, 0.05) is 25.2 Å². The molecule has 2 aliphatic rings. The Morgan fingerprint density at radius 3 is 3.00 bits per heavy atom. The van der Waals surface area contributed by atoms with Crippen LogP contribution in [-0.4, -0.2) is 49.8 Å². The Morgan fingerprint density at radius 1 is 1.35 bits per heavy atom. The molecule has 100 valence electrons. The second kappa shape index (κ2) is 6.72. The van der Waals surface area contributed by atoms with Crippen LogP contribution in [0.3, 0.4) is 0 Å². The molecule has 1 saturated heterocycles. The predicted octanol–water partition coefficient (Wildman–Crippen LogP) is 1.88. The maximum Gasteiger partial charge on any atom is 0.0619 e. The Kier molecular flexibility index (Phi) is 5.26. The van der Waals surface area contributed by atoms with Gasteiger partial charge in [0.1, 0.15) is 0 Å². The minimum absolute atomic E-state index is 0.608. The number of rotatable bonds is 5. The summed E-state index contributed by atoms with van der Waals surface area (Å²) >= 11 is 0. The Morgan fingerprint density at radius 2 is 2.24 bits per heavy atom. The molecule has 0 radical (unpaired) electrons. The van der Waals surface area contributed by atoms with Gasteiger partial charge in [0.15, 0.2) is 0 Å². The highest BCUT2D eigenvalue weighted by Gasteiger charge is 2.30. The van der Waals surface area contributed by atoms with E-state index in [1.165, 1.54) is 38.8 Å².